The van der Waals surface area contributed by atoms with E-state index in [0.717, 1.165) is 24.0 Å². The molecule has 0 spiro atoms. The van der Waals surface area contributed by atoms with E-state index in [1.165, 1.54) is 7.11 Å². The molecule has 2 N–H and O–H groups in total. The third-order valence-electron chi connectivity index (χ3n) is 3.13. The van der Waals surface area contributed by atoms with Crippen molar-refractivity contribution in [2.75, 3.05) is 14.2 Å². The minimum absolute atomic E-state index is 0.137. The highest BCUT2D eigenvalue weighted by atomic mass is 16.5. The van der Waals surface area contributed by atoms with Gasteiger partial charge in [-0.25, -0.2) is 0 Å². The largest absolute Gasteiger partial charge is 0.508 e. The van der Waals surface area contributed by atoms with Crippen LogP contribution in [0.4, 0.5) is 0 Å². The second-order valence-corrected chi connectivity index (χ2v) is 4.55. The average Bonchev–Trinajstić information content (AvgIpc) is 2.44. The standard InChI is InChI=1S/C16H18O4/c1-19-14-8-12(7-13(17)10-14)4-3-11-5-6-16(20-2)15(18)9-11/h5-10,17-18H,3-4H2,1-2H3. The SMILES string of the molecule is COc1cc(O)cc(CCc2ccc(OC)c(O)c2)c1. The molecule has 0 amide bonds. The van der Waals surface area contributed by atoms with Crippen LogP contribution in [0.25, 0.3) is 0 Å². The summed E-state index contributed by atoms with van der Waals surface area (Å²) in [5.74, 6) is 1.43. The zero-order valence-electron chi connectivity index (χ0n) is 11.6. The smallest absolute Gasteiger partial charge is 0.160 e. The molecule has 4 nitrogen and oxygen atoms in total. The summed E-state index contributed by atoms with van der Waals surface area (Å²) >= 11 is 0. The van der Waals surface area contributed by atoms with Crippen molar-refractivity contribution in [3.63, 3.8) is 0 Å². The molecule has 0 saturated carbocycles. The predicted octanol–water partition coefficient (Wildman–Crippen LogP) is 2.90. The molecule has 2 aromatic rings. The van der Waals surface area contributed by atoms with E-state index >= 15 is 0 Å². The van der Waals surface area contributed by atoms with Gasteiger partial charge in [-0.15, -0.1) is 0 Å². The van der Waals surface area contributed by atoms with E-state index in [2.05, 4.69) is 0 Å². The van der Waals surface area contributed by atoms with Crippen molar-refractivity contribution < 1.29 is 19.7 Å². The first-order chi connectivity index (χ1) is 9.62. The summed E-state index contributed by atoms with van der Waals surface area (Å²) in [6.45, 7) is 0. The van der Waals surface area contributed by atoms with Crippen LogP contribution >= 0.6 is 0 Å². The minimum Gasteiger partial charge on any atom is -0.508 e. The summed E-state index contributed by atoms with van der Waals surface area (Å²) in [6.07, 6.45) is 1.50. The lowest BCUT2D eigenvalue weighted by Gasteiger charge is -2.08. The predicted molar refractivity (Wildman–Crippen MR) is 76.7 cm³/mol. The third kappa shape index (κ3) is 3.35. The van der Waals surface area contributed by atoms with Gasteiger partial charge in [-0.05, 0) is 48.2 Å². The van der Waals surface area contributed by atoms with Crippen LogP contribution in [0, 0.1) is 0 Å². The fourth-order valence-electron chi connectivity index (χ4n) is 2.09. The maximum Gasteiger partial charge on any atom is 0.160 e. The monoisotopic (exact) mass is 274 g/mol. The van der Waals surface area contributed by atoms with E-state index in [1.54, 1.807) is 31.4 Å². The Morgan fingerprint density at radius 1 is 0.850 bits per heavy atom. The molecule has 0 saturated heterocycles. The van der Waals surface area contributed by atoms with Gasteiger partial charge >= 0.3 is 0 Å². The number of rotatable bonds is 5. The molecule has 0 bridgehead atoms. The van der Waals surface area contributed by atoms with Crippen molar-refractivity contribution in [1.29, 1.82) is 0 Å². The first-order valence-electron chi connectivity index (χ1n) is 6.35. The highest BCUT2D eigenvalue weighted by Crippen LogP contribution is 2.27. The van der Waals surface area contributed by atoms with Crippen molar-refractivity contribution in [3.05, 3.63) is 47.5 Å². The second kappa shape index (κ2) is 6.19. The summed E-state index contributed by atoms with van der Waals surface area (Å²) in [5, 5.41) is 19.3. The van der Waals surface area contributed by atoms with E-state index in [9.17, 15) is 10.2 Å². The zero-order chi connectivity index (χ0) is 14.5. The molecule has 106 valence electrons. The summed E-state index contributed by atoms with van der Waals surface area (Å²) in [7, 11) is 3.09. The molecule has 2 rings (SSSR count). The van der Waals surface area contributed by atoms with Gasteiger partial charge in [0.15, 0.2) is 11.5 Å². The molecule has 0 atom stereocenters. The Kier molecular flexibility index (Phi) is 4.35. The van der Waals surface area contributed by atoms with Crippen molar-refractivity contribution in [1.82, 2.24) is 0 Å². The van der Waals surface area contributed by atoms with Crippen LogP contribution in [0.3, 0.4) is 0 Å². The topological polar surface area (TPSA) is 58.9 Å². The number of phenolic OH excluding ortho intramolecular Hbond substituents is 2. The van der Waals surface area contributed by atoms with Gasteiger partial charge in [-0.2, -0.15) is 0 Å². The Morgan fingerprint density at radius 2 is 1.60 bits per heavy atom. The van der Waals surface area contributed by atoms with Crippen molar-refractivity contribution >= 4 is 0 Å². The summed E-state index contributed by atoms with van der Waals surface area (Å²) in [6, 6.07) is 10.5. The lowest BCUT2D eigenvalue weighted by molar-refractivity contribution is 0.373. The first kappa shape index (κ1) is 14.1. The van der Waals surface area contributed by atoms with E-state index < -0.39 is 0 Å². The van der Waals surface area contributed by atoms with Gasteiger partial charge in [0.25, 0.3) is 0 Å². The Morgan fingerprint density at radius 3 is 2.25 bits per heavy atom. The molecule has 0 aromatic heterocycles. The number of aryl methyl sites for hydroxylation is 2. The molecule has 2 aromatic carbocycles. The van der Waals surface area contributed by atoms with Gasteiger partial charge in [-0.1, -0.05) is 6.07 Å². The lowest BCUT2D eigenvalue weighted by atomic mass is 10.0. The van der Waals surface area contributed by atoms with Gasteiger partial charge in [-0.3, -0.25) is 0 Å². The van der Waals surface area contributed by atoms with Gasteiger partial charge in [0.1, 0.15) is 11.5 Å². The summed E-state index contributed by atoms with van der Waals surface area (Å²) in [4.78, 5) is 0. The van der Waals surface area contributed by atoms with E-state index in [4.69, 9.17) is 9.47 Å². The number of aromatic hydroxyl groups is 2. The molecule has 0 fully saturated rings. The Labute approximate surface area is 118 Å². The maximum absolute atomic E-state index is 9.73. The number of hydrogen-bond donors (Lipinski definition) is 2. The van der Waals surface area contributed by atoms with Crippen LogP contribution in [0.15, 0.2) is 36.4 Å². The quantitative estimate of drug-likeness (QED) is 0.880. The molecule has 0 aliphatic carbocycles. The lowest BCUT2D eigenvalue weighted by Crippen LogP contribution is -1.93. The van der Waals surface area contributed by atoms with Crippen LogP contribution in [0.1, 0.15) is 11.1 Å². The van der Waals surface area contributed by atoms with Crippen LogP contribution in [-0.2, 0) is 12.8 Å². The van der Waals surface area contributed by atoms with Gasteiger partial charge < -0.3 is 19.7 Å². The molecule has 20 heavy (non-hydrogen) atoms. The molecule has 0 radical (unpaired) electrons. The van der Waals surface area contributed by atoms with Crippen LogP contribution in [0.5, 0.6) is 23.0 Å². The number of hydrogen-bond acceptors (Lipinski definition) is 4. The summed E-state index contributed by atoms with van der Waals surface area (Å²) in [5.41, 5.74) is 1.99. The van der Waals surface area contributed by atoms with E-state index in [1.807, 2.05) is 12.1 Å². The van der Waals surface area contributed by atoms with Gasteiger partial charge in [0, 0.05) is 6.07 Å². The molecular weight excluding hydrogens is 256 g/mol. The number of methoxy groups -OCH3 is 2. The fraction of sp³-hybridized carbons (Fsp3) is 0.250. The molecule has 0 aliphatic rings. The number of benzene rings is 2. The van der Waals surface area contributed by atoms with Gasteiger partial charge in [0.05, 0.1) is 14.2 Å². The van der Waals surface area contributed by atoms with Crippen LogP contribution in [0.2, 0.25) is 0 Å². The molecule has 0 heterocycles. The van der Waals surface area contributed by atoms with Gasteiger partial charge in [0.2, 0.25) is 0 Å². The maximum atomic E-state index is 9.73. The zero-order valence-corrected chi connectivity index (χ0v) is 11.6. The van der Waals surface area contributed by atoms with E-state index in [0.29, 0.717) is 11.5 Å². The first-order valence-corrected chi connectivity index (χ1v) is 6.35. The molecule has 0 unspecified atom stereocenters. The normalized spacial score (nSPS) is 10.3. The minimum atomic E-state index is 0.137. The number of ether oxygens (including phenoxy) is 2. The molecule has 4 heteroatoms. The van der Waals surface area contributed by atoms with Crippen molar-refractivity contribution in [3.8, 4) is 23.0 Å². The highest BCUT2D eigenvalue weighted by Gasteiger charge is 2.05. The average molecular weight is 274 g/mol. The Balaban J connectivity index is 2.08. The van der Waals surface area contributed by atoms with E-state index in [-0.39, 0.29) is 11.5 Å². The highest BCUT2D eigenvalue weighted by molar-refractivity contribution is 5.42. The van der Waals surface area contributed by atoms with Crippen LogP contribution in [-0.4, -0.2) is 24.4 Å². The summed E-state index contributed by atoms with van der Waals surface area (Å²) < 4.78 is 10.1. The van der Waals surface area contributed by atoms with Crippen molar-refractivity contribution in [2.24, 2.45) is 0 Å². The van der Waals surface area contributed by atoms with Crippen molar-refractivity contribution in [2.45, 2.75) is 12.8 Å². The molecule has 0 aliphatic heterocycles. The third-order valence-corrected chi connectivity index (χ3v) is 3.13. The Bertz CT molecular complexity index is 593. The number of phenols is 2. The Hall–Kier alpha value is -2.36. The second-order valence-electron chi connectivity index (χ2n) is 4.55. The fourth-order valence-corrected chi connectivity index (χ4v) is 2.09. The molecular formula is C16H18O4. The van der Waals surface area contributed by atoms with Crippen LogP contribution < -0.4 is 9.47 Å².